The SMILES string of the molecule is CC(C(=O)O)N(C)C(=O)c1cccc(C(F)(F)F)c1F. The average Bonchev–Trinajstić information content (AvgIpc) is 2.34. The molecule has 0 radical (unpaired) electrons. The number of carboxylic acids is 1. The number of rotatable bonds is 3. The second kappa shape index (κ2) is 5.48. The number of hydrogen-bond acceptors (Lipinski definition) is 2. The molecule has 0 bridgehead atoms. The highest BCUT2D eigenvalue weighted by molar-refractivity contribution is 5.96. The maximum Gasteiger partial charge on any atom is 0.419 e. The Bertz CT molecular complexity index is 542. The van der Waals surface area contributed by atoms with E-state index in [0.717, 1.165) is 26.1 Å². The molecular formula is C12H11F4NO3. The third kappa shape index (κ3) is 3.06. The number of hydrogen-bond donors (Lipinski definition) is 1. The third-order valence-electron chi connectivity index (χ3n) is 2.79. The quantitative estimate of drug-likeness (QED) is 0.871. The van der Waals surface area contributed by atoms with Gasteiger partial charge < -0.3 is 10.0 Å². The molecule has 110 valence electrons. The fraction of sp³-hybridized carbons (Fsp3) is 0.333. The van der Waals surface area contributed by atoms with Crippen LogP contribution in [-0.2, 0) is 11.0 Å². The summed E-state index contributed by atoms with van der Waals surface area (Å²) in [6.45, 7) is 1.16. The van der Waals surface area contributed by atoms with Crippen LogP contribution in [-0.4, -0.2) is 35.0 Å². The minimum absolute atomic E-state index is 0.507. The van der Waals surface area contributed by atoms with E-state index in [4.69, 9.17) is 5.11 Å². The topological polar surface area (TPSA) is 57.6 Å². The van der Waals surface area contributed by atoms with Crippen molar-refractivity contribution in [2.45, 2.75) is 19.1 Å². The van der Waals surface area contributed by atoms with Gasteiger partial charge in [0, 0.05) is 7.05 Å². The molecule has 0 saturated carbocycles. The van der Waals surface area contributed by atoms with Gasteiger partial charge in [-0.15, -0.1) is 0 Å². The number of aliphatic carboxylic acids is 1. The average molecular weight is 293 g/mol. The van der Waals surface area contributed by atoms with Crippen LogP contribution in [0.15, 0.2) is 18.2 Å². The first kappa shape index (κ1) is 15.9. The standard InChI is InChI=1S/C12H11F4NO3/c1-6(11(19)20)17(2)10(18)7-4-3-5-8(9(7)13)12(14,15)16/h3-6H,1-2H3,(H,19,20). The first-order valence-corrected chi connectivity index (χ1v) is 5.43. The van der Waals surface area contributed by atoms with Gasteiger partial charge >= 0.3 is 12.1 Å². The van der Waals surface area contributed by atoms with Gasteiger partial charge in [0.2, 0.25) is 0 Å². The van der Waals surface area contributed by atoms with Crippen molar-refractivity contribution in [3.8, 4) is 0 Å². The summed E-state index contributed by atoms with van der Waals surface area (Å²) < 4.78 is 51.3. The Labute approximate surface area is 111 Å². The monoisotopic (exact) mass is 293 g/mol. The highest BCUT2D eigenvalue weighted by atomic mass is 19.4. The van der Waals surface area contributed by atoms with Crippen LogP contribution < -0.4 is 0 Å². The van der Waals surface area contributed by atoms with E-state index in [1.165, 1.54) is 0 Å². The number of carbonyl (C=O) groups is 2. The maximum absolute atomic E-state index is 13.7. The molecule has 0 aliphatic rings. The first-order chi connectivity index (χ1) is 9.07. The van der Waals surface area contributed by atoms with Crippen LogP contribution in [0.5, 0.6) is 0 Å². The van der Waals surface area contributed by atoms with Gasteiger partial charge in [-0.2, -0.15) is 13.2 Å². The zero-order chi connectivity index (χ0) is 15.7. The molecule has 0 aromatic heterocycles. The summed E-state index contributed by atoms with van der Waals surface area (Å²) in [7, 11) is 1.07. The Morgan fingerprint density at radius 3 is 2.30 bits per heavy atom. The number of alkyl halides is 3. The highest BCUT2D eigenvalue weighted by Crippen LogP contribution is 2.32. The Hall–Kier alpha value is -2.12. The molecule has 8 heteroatoms. The molecule has 1 N–H and O–H groups in total. The molecule has 1 atom stereocenters. The molecule has 1 unspecified atom stereocenters. The van der Waals surface area contributed by atoms with Crippen LogP contribution >= 0.6 is 0 Å². The molecule has 20 heavy (non-hydrogen) atoms. The van der Waals surface area contributed by atoms with Gasteiger partial charge in [0.15, 0.2) is 0 Å². The van der Waals surface area contributed by atoms with Crippen molar-refractivity contribution in [3.63, 3.8) is 0 Å². The summed E-state index contributed by atoms with van der Waals surface area (Å²) in [4.78, 5) is 23.2. The lowest BCUT2D eigenvalue weighted by atomic mass is 10.1. The van der Waals surface area contributed by atoms with Crippen molar-refractivity contribution in [1.82, 2.24) is 4.90 Å². The molecule has 1 amide bonds. The molecule has 0 spiro atoms. The Balaban J connectivity index is 3.22. The molecule has 0 fully saturated rings. The van der Waals surface area contributed by atoms with Crippen molar-refractivity contribution >= 4 is 11.9 Å². The molecule has 0 aliphatic carbocycles. The van der Waals surface area contributed by atoms with Gasteiger partial charge in [-0.3, -0.25) is 4.79 Å². The summed E-state index contributed by atoms with van der Waals surface area (Å²) in [5.41, 5.74) is -2.39. The number of benzene rings is 1. The fourth-order valence-corrected chi connectivity index (χ4v) is 1.45. The highest BCUT2D eigenvalue weighted by Gasteiger charge is 2.36. The summed E-state index contributed by atoms with van der Waals surface area (Å²) in [5, 5.41) is 8.73. The molecule has 0 aliphatic heterocycles. The molecule has 1 aromatic rings. The predicted octanol–water partition coefficient (Wildman–Crippen LogP) is 2.39. The molecule has 4 nitrogen and oxygen atoms in total. The Morgan fingerprint density at radius 1 is 1.30 bits per heavy atom. The van der Waals surface area contributed by atoms with E-state index >= 15 is 0 Å². The Kier molecular flexibility index (Phi) is 4.36. The van der Waals surface area contributed by atoms with Crippen LogP contribution in [0.3, 0.4) is 0 Å². The molecule has 1 rings (SSSR count). The zero-order valence-electron chi connectivity index (χ0n) is 10.5. The van der Waals surface area contributed by atoms with E-state index in [9.17, 15) is 27.2 Å². The van der Waals surface area contributed by atoms with E-state index in [2.05, 4.69) is 0 Å². The van der Waals surface area contributed by atoms with E-state index < -0.39 is 41.0 Å². The van der Waals surface area contributed by atoms with Gasteiger partial charge in [0.05, 0.1) is 11.1 Å². The molecule has 1 aromatic carbocycles. The summed E-state index contributed by atoms with van der Waals surface area (Å²) >= 11 is 0. The predicted molar refractivity (Wildman–Crippen MR) is 60.6 cm³/mol. The largest absolute Gasteiger partial charge is 0.480 e. The van der Waals surface area contributed by atoms with Gasteiger partial charge in [-0.05, 0) is 19.1 Å². The van der Waals surface area contributed by atoms with Gasteiger partial charge in [0.25, 0.3) is 5.91 Å². The fourth-order valence-electron chi connectivity index (χ4n) is 1.45. The third-order valence-corrected chi connectivity index (χ3v) is 2.79. The Morgan fingerprint density at radius 2 is 1.85 bits per heavy atom. The lowest BCUT2D eigenvalue weighted by Gasteiger charge is -2.22. The van der Waals surface area contributed by atoms with Crippen LogP contribution in [0, 0.1) is 5.82 Å². The molecule has 0 heterocycles. The van der Waals surface area contributed by atoms with Crippen molar-refractivity contribution < 1.29 is 32.3 Å². The minimum atomic E-state index is -4.93. The van der Waals surface area contributed by atoms with E-state index in [1.807, 2.05) is 0 Å². The van der Waals surface area contributed by atoms with Gasteiger partial charge in [-0.25, -0.2) is 9.18 Å². The van der Waals surface area contributed by atoms with Crippen LogP contribution in [0.4, 0.5) is 17.6 Å². The van der Waals surface area contributed by atoms with Crippen LogP contribution in [0.2, 0.25) is 0 Å². The summed E-state index contributed by atoms with van der Waals surface area (Å²) in [6.07, 6.45) is -4.93. The van der Waals surface area contributed by atoms with Crippen molar-refractivity contribution in [2.24, 2.45) is 0 Å². The number of halogens is 4. The number of likely N-dealkylation sites (N-methyl/N-ethyl adjacent to an activating group) is 1. The minimum Gasteiger partial charge on any atom is -0.480 e. The van der Waals surface area contributed by atoms with Gasteiger partial charge in [0.1, 0.15) is 11.9 Å². The maximum atomic E-state index is 13.7. The van der Waals surface area contributed by atoms with Crippen molar-refractivity contribution in [3.05, 3.63) is 35.1 Å². The second-order valence-electron chi connectivity index (χ2n) is 4.10. The number of carboxylic acid groups (broad SMARTS) is 1. The van der Waals surface area contributed by atoms with Crippen molar-refractivity contribution in [1.29, 1.82) is 0 Å². The lowest BCUT2D eigenvalue weighted by Crippen LogP contribution is -2.40. The van der Waals surface area contributed by atoms with Gasteiger partial charge in [-0.1, -0.05) is 6.07 Å². The van der Waals surface area contributed by atoms with Crippen LogP contribution in [0.1, 0.15) is 22.8 Å². The second-order valence-corrected chi connectivity index (χ2v) is 4.10. The molecular weight excluding hydrogens is 282 g/mol. The number of amides is 1. The normalized spacial score (nSPS) is 12.9. The van der Waals surface area contributed by atoms with E-state index in [0.29, 0.717) is 11.0 Å². The molecule has 0 saturated heterocycles. The number of carbonyl (C=O) groups excluding carboxylic acids is 1. The van der Waals surface area contributed by atoms with Crippen molar-refractivity contribution in [2.75, 3.05) is 7.05 Å². The summed E-state index contributed by atoms with van der Waals surface area (Å²) in [6, 6.07) is 0.972. The number of nitrogens with zero attached hydrogens (tertiary/aromatic N) is 1. The van der Waals surface area contributed by atoms with E-state index in [-0.39, 0.29) is 0 Å². The first-order valence-electron chi connectivity index (χ1n) is 5.43. The summed E-state index contributed by atoms with van der Waals surface area (Å²) in [5.74, 6) is -4.20. The lowest BCUT2D eigenvalue weighted by molar-refractivity contribution is -0.142. The van der Waals surface area contributed by atoms with Crippen LogP contribution in [0.25, 0.3) is 0 Å². The van der Waals surface area contributed by atoms with E-state index in [1.54, 1.807) is 0 Å². The zero-order valence-corrected chi connectivity index (χ0v) is 10.5. The smallest absolute Gasteiger partial charge is 0.419 e.